The average Bonchev–Trinajstić information content (AvgIpc) is 2.51. The lowest BCUT2D eigenvalue weighted by Gasteiger charge is -2.24. The Morgan fingerprint density at radius 3 is 2.80 bits per heavy atom. The van der Waals surface area contributed by atoms with Crippen LogP contribution in [0.25, 0.3) is 11.2 Å². The van der Waals surface area contributed by atoms with Gasteiger partial charge in [0, 0.05) is 25.5 Å². The third-order valence-corrected chi connectivity index (χ3v) is 3.12. The maximum Gasteiger partial charge on any atom is 0.310 e. The fourth-order valence-corrected chi connectivity index (χ4v) is 2.01. The summed E-state index contributed by atoms with van der Waals surface area (Å²) in [5.74, 6) is 0.361. The number of esters is 1. The number of carbonyl (C=O) groups excluding carboxylic acids is 1. The summed E-state index contributed by atoms with van der Waals surface area (Å²) in [6, 6.07) is 3.78. The van der Waals surface area contributed by atoms with Crippen LogP contribution in [0.4, 0.5) is 5.82 Å². The van der Waals surface area contributed by atoms with E-state index in [-0.39, 0.29) is 11.9 Å². The van der Waals surface area contributed by atoms with Crippen LogP contribution in [0.3, 0.4) is 0 Å². The topological polar surface area (TPSA) is 68.2 Å². The summed E-state index contributed by atoms with van der Waals surface area (Å²) >= 11 is 0. The molecule has 2 aromatic rings. The molecule has 0 radical (unpaired) electrons. The summed E-state index contributed by atoms with van der Waals surface area (Å²) < 4.78 is 4.76. The van der Waals surface area contributed by atoms with Crippen LogP contribution < -0.4 is 4.90 Å². The molecule has 2 heterocycles. The van der Waals surface area contributed by atoms with Crippen LogP contribution in [0.15, 0.2) is 24.5 Å². The maximum atomic E-state index is 11.5. The number of pyridine rings is 1. The number of fused-ring (bicyclic) bond motifs is 1. The lowest BCUT2D eigenvalue weighted by atomic mass is 10.1. The van der Waals surface area contributed by atoms with Gasteiger partial charge in [-0.2, -0.15) is 0 Å². The van der Waals surface area contributed by atoms with Crippen molar-refractivity contribution in [2.75, 3.05) is 25.1 Å². The van der Waals surface area contributed by atoms with Crippen LogP contribution >= 0.6 is 0 Å². The number of aromatic nitrogens is 3. The summed E-state index contributed by atoms with van der Waals surface area (Å²) in [7, 11) is 1.40. The quantitative estimate of drug-likeness (QED) is 0.772. The van der Waals surface area contributed by atoms with Gasteiger partial charge in [0.2, 0.25) is 0 Å². The van der Waals surface area contributed by atoms with Gasteiger partial charge in [-0.3, -0.25) is 9.78 Å². The minimum atomic E-state index is -0.218. The average molecular weight is 274 g/mol. The molecule has 0 saturated heterocycles. The Morgan fingerprint density at radius 2 is 2.10 bits per heavy atom. The number of methoxy groups -OCH3 is 1. The molecule has 0 aromatic carbocycles. The molecule has 0 N–H and O–H groups in total. The molecule has 0 spiro atoms. The lowest BCUT2D eigenvalue weighted by Crippen LogP contribution is -2.32. The van der Waals surface area contributed by atoms with Crippen LogP contribution in [0.1, 0.15) is 13.8 Å². The zero-order valence-electron chi connectivity index (χ0n) is 11.9. The third kappa shape index (κ3) is 3.01. The largest absolute Gasteiger partial charge is 0.469 e. The second-order valence-corrected chi connectivity index (χ2v) is 4.53. The molecule has 20 heavy (non-hydrogen) atoms. The van der Waals surface area contributed by atoms with Crippen LogP contribution in [0.2, 0.25) is 0 Å². The molecule has 0 amide bonds. The smallest absolute Gasteiger partial charge is 0.310 e. The molecule has 0 unspecified atom stereocenters. The summed E-state index contributed by atoms with van der Waals surface area (Å²) in [5.41, 5.74) is 1.36. The van der Waals surface area contributed by atoms with Crippen LogP contribution in [0.5, 0.6) is 0 Å². The minimum Gasteiger partial charge on any atom is -0.469 e. The van der Waals surface area contributed by atoms with Crippen LogP contribution in [-0.4, -0.2) is 41.1 Å². The first-order valence-corrected chi connectivity index (χ1v) is 6.56. The highest BCUT2D eigenvalue weighted by Gasteiger charge is 2.18. The van der Waals surface area contributed by atoms with Crippen LogP contribution in [-0.2, 0) is 9.53 Å². The molecule has 0 aliphatic carbocycles. The van der Waals surface area contributed by atoms with Gasteiger partial charge in [0.05, 0.1) is 13.0 Å². The monoisotopic (exact) mass is 274 g/mol. The van der Waals surface area contributed by atoms with Crippen molar-refractivity contribution in [3.8, 4) is 0 Å². The van der Waals surface area contributed by atoms with E-state index in [1.165, 1.54) is 7.11 Å². The number of rotatable bonds is 5. The molecule has 2 aromatic heterocycles. The molecular formula is C14H18N4O2. The van der Waals surface area contributed by atoms with E-state index < -0.39 is 0 Å². The molecule has 0 aliphatic heterocycles. The van der Waals surface area contributed by atoms with Crippen molar-refractivity contribution in [1.82, 2.24) is 15.0 Å². The van der Waals surface area contributed by atoms with Crippen molar-refractivity contribution in [3.05, 3.63) is 24.5 Å². The van der Waals surface area contributed by atoms with Crippen molar-refractivity contribution in [3.63, 3.8) is 0 Å². The predicted octanol–water partition coefficient (Wildman–Crippen LogP) is 1.66. The standard InChI is InChI=1S/C14H18N4O2/c1-4-18(9-10(2)14(19)20-3)12-6-5-11-13(17-12)16-8-7-15-11/h5-8,10H,4,9H2,1-3H3/t10-/m0/s1. The minimum absolute atomic E-state index is 0.209. The maximum absolute atomic E-state index is 11.5. The van der Waals surface area contributed by atoms with Crippen molar-refractivity contribution in [2.45, 2.75) is 13.8 Å². The molecule has 0 bridgehead atoms. The Labute approximate surface area is 117 Å². The zero-order valence-corrected chi connectivity index (χ0v) is 11.9. The van der Waals surface area contributed by atoms with Gasteiger partial charge in [-0.1, -0.05) is 6.92 Å². The summed E-state index contributed by atoms with van der Waals surface area (Å²) in [4.78, 5) is 26.4. The van der Waals surface area contributed by atoms with Gasteiger partial charge in [0.25, 0.3) is 0 Å². The number of hydrogen-bond donors (Lipinski definition) is 0. The van der Waals surface area contributed by atoms with Gasteiger partial charge in [-0.15, -0.1) is 0 Å². The van der Waals surface area contributed by atoms with Crippen molar-refractivity contribution in [2.24, 2.45) is 5.92 Å². The van der Waals surface area contributed by atoms with E-state index in [2.05, 4.69) is 15.0 Å². The fourth-order valence-electron chi connectivity index (χ4n) is 2.01. The Morgan fingerprint density at radius 1 is 1.35 bits per heavy atom. The molecule has 0 saturated carbocycles. The number of carbonyl (C=O) groups is 1. The SMILES string of the molecule is CCN(C[C@H](C)C(=O)OC)c1ccc2nccnc2n1. The highest BCUT2D eigenvalue weighted by molar-refractivity contribution is 5.74. The molecule has 0 fully saturated rings. The first-order chi connectivity index (χ1) is 9.65. The molecule has 1 atom stereocenters. The number of hydrogen-bond acceptors (Lipinski definition) is 6. The Kier molecular flexibility index (Phi) is 4.45. The van der Waals surface area contributed by atoms with E-state index in [1.54, 1.807) is 12.4 Å². The normalized spacial score (nSPS) is 12.2. The van der Waals surface area contributed by atoms with E-state index in [9.17, 15) is 4.79 Å². The molecule has 2 rings (SSSR count). The van der Waals surface area contributed by atoms with Gasteiger partial charge >= 0.3 is 5.97 Å². The van der Waals surface area contributed by atoms with E-state index in [0.717, 1.165) is 17.9 Å². The second-order valence-electron chi connectivity index (χ2n) is 4.53. The van der Waals surface area contributed by atoms with Crippen molar-refractivity contribution in [1.29, 1.82) is 0 Å². The van der Waals surface area contributed by atoms with Gasteiger partial charge < -0.3 is 9.64 Å². The Balaban J connectivity index is 2.23. The second kappa shape index (κ2) is 6.27. The van der Waals surface area contributed by atoms with Crippen molar-refractivity contribution >= 4 is 23.0 Å². The van der Waals surface area contributed by atoms with E-state index in [4.69, 9.17) is 4.74 Å². The zero-order chi connectivity index (χ0) is 14.5. The highest BCUT2D eigenvalue weighted by atomic mass is 16.5. The molecule has 6 heteroatoms. The number of nitrogens with zero attached hydrogens (tertiary/aromatic N) is 4. The first-order valence-electron chi connectivity index (χ1n) is 6.56. The van der Waals surface area contributed by atoms with Gasteiger partial charge in [-0.25, -0.2) is 9.97 Å². The number of ether oxygens (including phenoxy) is 1. The highest BCUT2D eigenvalue weighted by Crippen LogP contribution is 2.16. The van der Waals surface area contributed by atoms with Crippen LogP contribution in [0, 0.1) is 5.92 Å². The van der Waals surface area contributed by atoms with E-state index >= 15 is 0 Å². The first kappa shape index (κ1) is 14.2. The Bertz CT molecular complexity index is 602. The summed E-state index contributed by atoms with van der Waals surface area (Å²) in [6.45, 7) is 5.17. The van der Waals surface area contributed by atoms with Gasteiger partial charge in [0.15, 0.2) is 5.65 Å². The van der Waals surface area contributed by atoms with E-state index in [1.807, 2.05) is 30.9 Å². The van der Waals surface area contributed by atoms with Gasteiger partial charge in [-0.05, 0) is 19.1 Å². The fraction of sp³-hybridized carbons (Fsp3) is 0.429. The molecule has 0 aliphatic rings. The Hall–Kier alpha value is -2.24. The molecule has 6 nitrogen and oxygen atoms in total. The predicted molar refractivity (Wildman–Crippen MR) is 76.4 cm³/mol. The van der Waals surface area contributed by atoms with E-state index in [0.29, 0.717) is 12.2 Å². The lowest BCUT2D eigenvalue weighted by molar-refractivity contribution is -0.144. The third-order valence-electron chi connectivity index (χ3n) is 3.12. The van der Waals surface area contributed by atoms with Crippen molar-refractivity contribution < 1.29 is 9.53 Å². The number of anilines is 1. The summed E-state index contributed by atoms with van der Waals surface area (Å²) in [6.07, 6.45) is 3.26. The molecular weight excluding hydrogens is 256 g/mol. The van der Waals surface area contributed by atoms with Gasteiger partial charge in [0.1, 0.15) is 11.3 Å². The summed E-state index contributed by atoms with van der Waals surface area (Å²) in [5, 5.41) is 0. The molecule has 106 valence electrons.